The Labute approximate surface area is 167 Å². The number of nitrogens with one attached hydrogen (secondary N) is 2. The van der Waals surface area contributed by atoms with Gasteiger partial charge >= 0.3 is 5.97 Å². The number of hydrogen-bond donors (Lipinski definition) is 2. The van der Waals surface area contributed by atoms with Crippen molar-refractivity contribution in [3.05, 3.63) is 47.3 Å². The van der Waals surface area contributed by atoms with E-state index in [-0.39, 0.29) is 28.5 Å². The summed E-state index contributed by atoms with van der Waals surface area (Å²) in [5.74, 6) is -0.798. The molecule has 0 fully saturated rings. The third-order valence-electron chi connectivity index (χ3n) is 2.74. The molecule has 0 bridgehead atoms. The first-order valence-corrected chi connectivity index (χ1v) is 8.59. The highest BCUT2D eigenvalue weighted by Crippen LogP contribution is 2.28. The van der Waals surface area contributed by atoms with Crippen LogP contribution in [-0.2, 0) is 9.68 Å². The fourth-order valence-corrected chi connectivity index (χ4v) is 2.29. The van der Waals surface area contributed by atoms with Gasteiger partial charge in [0, 0.05) is 12.4 Å². The summed E-state index contributed by atoms with van der Waals surface area (Å²) in [6.45, 7) is 8.70. The molecule has 0 aliphatic heterocycles. The average molecular weight is 419 g/mol. The summed E-state index contributed by atoms with van der Waals surface area (Å²) in [5.41, 5.74) is 0.460. The molecule has 0 atom stereocenters. The van der Waals surface area contributed by atoms with E-state index in [0.29, 0.717) is 5.71 Å². The van der Waals surface area contributed by atoms with Gasteiger partial charge in [-0.15, -0.1) is 0 Å². The normalized spacial score (nSPS) is 10.8. The highest BCUT2D eigenvalue weighted by molar-refractivity contribution is 6.70. The van der Waals surface area contributed by atoms with Crippen LogP contribution in [-0.4, -0.2) is 35.2 Å². The van der Waals surface area contributed by atoms with Crippen molar-refractivity contribution in [3.63, 3.8) is 0 Å². The third-order valence-corrected chi connectivity index (χ3v) is 3.32. The minimum atomic E-state index is -0.969. The summed E-state index contributed by atoms with van der Waals surface area (Å²) < 4.78 is 16.1. The standard InChI is InChI=1S/C15H15Cl2FN4O3.C2H6/c1-3-5-9(20-4-2)6-21-14-11(13(17)19)12(16)10(7-22-14)15(23)24-8-25-18;1-2/h3-5,7,19H,2,6,8H2,1H3,(H,21,22);1-2H3/b5-3-,19-13?,20-9?;. The zero-order valence-electron chi connectivity index (χ0n) is 15.2. The summed E-state index contributed by atoms with van der Waals surface area (Å²) in [6.07, 6.45) is 6.05. The number of allylic oxidation sites excluding steroid dienone is 1. The zero-order chi connectivity index (χ0) is 20.8. The van der Waals surface area contributed by atoms with Crippen molar-refractivity contribution in [2.24, 2.45) is 4.99 Å². The number of carbonyl (C=O) groups is 1. The lowest BCUT2D eigenvalue weighted by Gasteiger charge is -2.13. The van der Waals surface area contributed by atoms with Crippen molar-refractivity contribution in [1.82, 2.24) is 4.98 Å². The smallest absolute Gasteiger partial charge is 0.343 e. The molecule has 0 aliphatic rings. The summed E-state index contributed by atoms with van der Waals surface area (Å²) in [4.78, 5) is 23.0. The average Bonchev–Trinajstić information content (AvgIpc) is 2.65. The van der Waals surface area contributed by atoms with Crippen LogP contribution in [0.2, 0.25) is 5.02 Å². The Morgan fingerprint density at radius 1 is 1.52 bits per heavy atom. The summed E-state index contributed by atoms with van der Waals surface area (Å²) in [5, 5.41) is 9.97. The van der Waals surface area contributed by atoms with Gasteiger partial charge in [0.15, 0.2) is 0 Å². The van der Waals surface area contributed by atoms with Gasteiger partial charge in [-0.05, 0) is 17.5 Å². The SMILES string of the molecule is C=CN=C(/C=C\C)CNc1ncc(C(=O)OCOF)c(Cl)c1C(=N)Cl.CC. The van der Waals surface area contributed by atoms with Crippen LogP contribution >= 0.6 is 23.2 Å². The molecule has 0 radical (unpaired) electrons. The number of rotatable bonds is 9. The number of anilines is 1. The molecule has 0 saturated carbocycles. The Balaban J connectivity index is 0.00000326. The molecule has 1 aromatic heterocycles. The molecule has 1 aromatic rings. The van der Waals surface area contributed by atoms with Crippen LogP contribution in [0.1, 0.15) is 36.7 Å². The van der Waals surface area contributed by atoms with Crippen molar-refractivity contribution in [2.45, 2.75) is 20.8 Å². The molecule has 1 heterocycles. The molecular formula is C17H21Cl2FN4O3. The van der Waals surface area contributed by atoms with Crippen LogP contribution in [0, 0.1) is 5.41 Å². The van der Waals surface area contributed by atoms with Crippen molar-refractivity contribution in [3.8, 4) is 0 Å². The fraction of sp³-hybridized carbons (Fsp3) is 0.294. The van der Waals surface area contributed by atoms with E-state index in [0.717, 1.165) is 6.20 Å². The van der Waals surface area contributed by atoms with Gasteiger partial charge < -0.3 is 10.1 Å². The quantitative estimate of drug-likeness (QED) is 0.337. The molecule has 1 rings (SSSR count). The minimum Gasteiger partial charge on any atom is -0.432 e. The van der Waals surface area contributed by atoms with Crippen LogP contribution in [0.25, 0.3) is 0 Å². The number of aromatic nitrogens is 1. The second kappa shape index (κ2) is 13.9. The Kier molecular flexibility index (Phi) is 12.7. The first kappa shape index (κ1) is 24.7. The van der Waals surface area contributed by atoms with Crippen molar-refractivity contribution >= 4 is 45.9 Å². The van der Waals surface area contributed by atoms with Crippen LogP contribution in [0.5, 0.6) is 0 Å². The molecule has 0 saturated heterocycles. The maximum atomic E-state index is 11.8. The van der Waals surface area contributed by atoms with Gasteiger partial charge in [0.25, 0.3) is 0 Å². The third kappa shape index (κ3) is 7.86. The Hall–Kier alpha value is -2.29. The maximum Gasteiger partial charge on any atom is 0.343 e. The summed E-state index contributed by atoms with van der Waals surface area (Å²) in [6, 6.07) is 0. The molecular weight excluding hydrogens is 398 g/mol. The maximum absolute atomic E-state index is 11.8. The Morgan fingerprint density at radius 3 is 2.70 bits per heavy atom. The van der Waals surface area contributed by atoms with E-state index < -0.39 is 17.9 Å². The van der Waals surface area contributed by atoms with Crippen molar-refractivity contribution in [2.75, 3.05) is 18.7 Å². The van der Waals surface area contributed by atoms with Gasteiger partial charge in [-0.25, -0.2) is 9.78 Å². The molecule has 10 heteroatoms. The van der Waals surface area contributed by atoms with Crippen molar-refractivity contribution < 1.29 is 19.0 Å². The number of esters is 1. The molecule has 0 unspecified atom stereocenters. The fourth-order valence-electron chi connectivity index (χ4n) is 1.75. The highest BCUT2D eigenvalue weighted by atomic mass is 35.5. The lowest BCUT2D eigenvalue weighted by Crippen LogP contribution is -2.17. The molecule has 0 aromatic carbocycles. The van der Waals surface area contributed by atoms with E-state index in [1.165, 1.54) is 6.20 Å². The van der Waals surface area contributed by atoms with E-state index in [1.54, 1.807) is 12.2 Å². The largest absolute Gasteiger partial charge is 0.432 e. The number of nitrogens with zero attached hydrogens (tertiary/aromatic N) is 2. The summed E-state index contributed by atoms with van der Waals surface area (Å²) >= 11 is 11.9. The molecule has 148 valence electrons. The van der Waals surface area contributed by atoms with Crippen molar-refractivity contribution in [1.29, 1.82) is 5.41 Å². The van der Waals surface area contributed by atoms with Gasteiger partial charge in [-0.3, -0.25) is 10.4 Å². The number of halogens is 3. The predicted octanol–water partition coefficient (Wildman–Crippen LogP) is 4.91. The van der Waals surface area contributed by atoms with E-state index in [1.807, 2.05) is 20.8 Å². The van der Waals surface area contributed by atoms with Gasteiger partial charge in [-0.1, -0.05) is 49.7 Å². The molecule has 0 amide bonds. The second-order valence-corrected chi connectivity index (χ2v) is 5.09. The zero-order valence-corrected chi connectivity index (χ0v) is 16.7. The first-order chi connectivity index (χ1) is 13.0. The number of pyridine rings is 1. The number of ether oxygens (including phenoxy) is 1. The van der Waals surface area contributed by atoms with E-state index in [4.69, 9.17) is 28.6 Å². The van der Waals surface area contributed by atoms with Crippen LogP contribution in [0.15, 0.2) is 36.1 Å². The summed E-state index contributed by atoms with van der Waals surface area (Å²) in [7, 11) is 0. The molecule has 0 spiro atoms. The molecule has 0 aliphatic carbocycles. The Morgan fingerprint density at radius 2 is 2.19 bits per heavy atom. The number of hydrogen-bond acceptors (Lipinski definition) is 7. The lowest BCUT2D eigenvalue weighted by atomic mass is 10.2. The van der Waals surface area contributed by atoms with E-state index >= 15 is 0 Å². The molecule has 7 nitrogen and oxygen atoms in total. The van der Waals surface area contributed by atoms with Gasteiger partial charge in [0.1, 0.15) is 11.0 Å². The van der Waals surface area contributed by atoms with Gasteiger partial charge in [0.2, 0.25) is 6.79 Å². The first-order valence-electron chi connectivity index (χ1n) is 7.83. The highest BCUT2D eigenvalue weighted by Gasteiger charge is 2.21. The van der Waals surface area contributed by atoms with E-state index in [2.05, 4.69) is 31.6 Å². The van der Waals surface area contributed by atoms with Gasteiger partial charge in [-0.2, -0.15) is 4.94 Å². The number of carbonyl (C=O) groups excluding carboxylic acids is 1. The minimum absolute atomic E-state index is 0.00242. The lowest BCUT2D eigenvalue weighted by molar-refractivity contribution is -0.194. The van der Waals surface area contributed by atoms with Crippen LogP contribution in [0.3, 0.4) is 0 Å². The molecule has 27 heavy (non-hydrogen) atoms. The number of aliphatic imine (C=N–C) groups is 1. The predicted molar refractivity (Wildman–Crippen MR) is 107 cm³/mol. The molecule has 2 N–H and O–H groups in total. The van der Waals surface area contributed by atoms with Crippen LogP contribution in [0.4, 0.5) is 10.3 Å². The second-order valence-electron chi connectivity index (χ2n) is 4.34. The van der Waals surface area contributed by atoms with Crippen LogP contribution < -0.4 is 5.32 Å². The Bertz CT molecular complexity index is 724. The monoisotopic (exact) mass is 418 g/mol. The van der Waals surface area contributed by atoms with Gasteiger partial charge in [0.05, 0.1) is 28.4 Å². The van der Waals surface area contributed by atoms with E-state index in [9.17, 15) is 9.32 Å². The topological polar surface area (TPSA) is 96.7 Å².